The number of hydrogen-bond donors (Lipinski definition) is 3. The van der Waals surface area contributed by atoms with Crippen molar-refractivity contribution < 1.29 is 18.0 Å². The van der Waals surface area contributed by atoms with E-state index in [-0.39, 0.29) is 39.4 Å². The van der Waals surface area contributed by atoms with Crippen molar-refractivity contribution in [1.29, 1.82) is 0 Å². The predicted octanol–water partition coefficient (Wildman–Crippen LogP) is 4.54. The number of hydrogen-bond acceptors (Lipinski definition) is 9. The molecule has 0 atom stereocenters. The summed E-state index contributed by atoms with van der Waals surface area (Å²) in [6.45, 7) is 4.93. The van der Waals surface area contributed by atoms with Gasteiger partial charge in [-0.25, -0.2) is 13.4 Å². The van der Waals surface area contributed by atoms with Crippen LogP contribution in [0, 0.1) is 5.92 Å². The van der Waals surface area contributed by atoms with Crippen LogP contribution in [0.1, 0.15) is 26.7 Å². The van der Waals surface area contributed by atoms with Crippen LogP contribution in [0.2, 0.25) is 5.02 Å². The van der Waals surface area contributed by atoms with Crippen LogP contribution in [0.15, 0.2) is 59.6 Å². The maximum Gasteiger partial charge on any atom is 0.231 e. The van der Waals surface area contributed by atoms with E-state index in [9.17, 15) is 18.0 Å². The van der Waals surface area contributed by atoms with Crippen LogP contribution in [0.25, 0.3) is 0 Å². The molecule has 3 aromatic rings. The van der Waals surface area contributed by atoms with Gasteiger partial charge in [0.25, 0.3) is 0 Å². The van der Waals surface area contributed by atoms with Crippen molar-refractivity contribution >= 4 is 62.1 Å². The molecular weight excluding hydrogens is 578 g/mol. The molecule has 2 heterocycles. The van der Waals surface area contributed by atoms with E-state index >= 15 is 0 Å². The fraction of sp³-hybridized carbons (Fsp3) is 0.379. The van der Waals surface area contributed by atoms with Crippen LogP contribution >= 0.6 is 11.6 Å². The van der Waals surface area contributed by atoms with E-state index in [1.54, 1.807) is 61.2 Å². The molecular formula is C29H36ClN7O4S. The average molecular weight is 614 g/mol. The number of carbonyl (C=O) groups is 2. The first-order valence-electron chi connectivity index (χ1n) is 13.7. The SMILES string of the molecule is CC(C)S(=O)(=O)c1ccccc1Nc1nc(Nc2cccc(NC(=O)C3CN(C(=O)CCCN(C)C)C3)c2)ncc1Cl. The van der Waals surface area contributed by atoms with Gasteiger partial charge in [0.05, 0.1) is 27.9 Å². The minimum atomic E-state index is -3.55. The zero-order valence-corrected chi connectivity index (χ0v) is 25.7. The fourth-order valence-electron chi connectivity index (χ4n) is 4.32. The molecule has 1 aromatic heterocycles. The van der Waals surface area contributed by atoms with Gasteiger partial charge in [0, 0.05) is 30.9 Å². The Morgan fingerprint density at radius 1 is 1.07 bits per heavy atom. The Balaban J connectivity index is 1.38. The minimum absolute atomic E-state index is 0.0777. The van der Waals surface area contributed by atoms with Crippen LogP contribution in [0.5, 0.6) is 0 Å². The van der Waals surface area contributed by atoms with Gasteiger partial charge >= 0.3 is 0 Å². The van der Waals surface area contributed by atoms with E-state index in [0.717, 1.165) is 13.0 Å². The quantitative estimate of drug-likeness (QED) is 0.269. The topological polar surface area (TPSA) is 137 Å². The summed E-state index contributed by atoms with van der Waals surface area (Å²) in [5.41, 5.74) is 1.56. The number of sulfone groups is 1. The van der Waals surface area contributed by atoms with E-state index in [1.807, 2.05) is 19.0 Å². The molecule has 0 unspecified atom stereocenters. The van der Waals surface area contributed by atoms with Crippen LogP contribution < -0.4 is 16.0 Å². The summed E-state index contributed by atoms with van der Waals surface area (Å²) >= 11 is 6.34. The van der Waals surface area contributed by atoms with Gasteiger partial charge in [-0.2, -0.15) is 4.98 Å². The number of rotatable bonds is 12. The van der Waals surface area contributed by atoms with Crippen molar-refractivity contribution in [3.8, 4) is 0 Å². The minimum Gasteiger partial charge on any atom is -0.341 e. The normalized spacial score (nSPS) is 13.6. The van der Waals surface area contributed by atoms with Crippen molar-refractivity contribution in [1.82, 2.24) is 19.8 Å². The third-order valence-corrected chi connectivity index (χ3v) is 9.29. The lowest BCUT2D eigenvalue weighted by Crippen LogP contribution is -2.54. The lowest BCUT2D eigenvalue weighted by atomic mass is 9.98. The van der Waals surface area contributed by atoms with Gasteiger partial charge in [-0.15, -0.1) is 0 Å². The van der Waals surface area contributed by atoms with E-state index in [1.165, 1.54) is 12.3 Å². The number of nitrogens with one attached hydrogen (secondary N) is 3. The summed E-state index contributed by atoms with van der Waals surface area (Å²) in [6.07, 6.45) is 2.68. The van der Waals surface area contributed by atoms with Crippen LogP contribution in [0.4, 0.5) is 28.8 Å². The Labute approximate surface area is 251 Å². The maximum atomic E-state index is 12.8. The number of carbonyl (C=O) groups excluding carboxylic acids is 2. The molecule has 13 heteroatoms. The highest BCUT2D eigenvalue weighted by Crippen LogP contribution is 2.31. The molecule has 4 rings (SSSR count). The lowest BCUT2D eigenvalue weighted by Gasteiger charge is -2.38. The summed E-state index contributed by atoms with van der Waals surface area (Å²) in [7, 11) is 0.395. The molecule has 0 spiro atoms. The smallest absolute Gasteiger partial charge is 0.231 e. The van der Waals surface area contributed by atoms with Gasteiger partial charge < -0.3 is 25.8 Å². The number of halogens is 1. The van der Waals surface area contributed by atoms with E-state index < -0.39 is 15.1 Å². The molecule has 1 aliphatic rings. The van der Waals surface area contributed by atoms with Crippen LogP contribution in [-0.4, -0.2) is 79.0 Å². The first kappa shape index (κ1) is 31.2. The highest BCUT2D eigenvalue weighted by molar-refractivity contribution is 7.92. The molecule has 0 bridgehead atoms. The molecule has 1 aliphatic heterocycles. The summed E-state index contributed by atoms with van der Waals surface area (Å²) in [5, 5.41) is 8.65. The molecule has 2 amide bonds. The van der Waals surface area contributed by atoms with Gasteiger partial charge in [-0.05, 0) is 71.2 Å². The van der Waals surface area contributed by atoms with Gasteiger partial charge in [0.2, 0.25) is 17.8 Å². The molecule has 0 aliphatic carbocycles. The molecule has 3 N–H and O–H groups in total. The highest BCUT2D eigenvalue weighted by Gasteiger charge is 2.35. The molecule has 0 radical (unpaired) electrons. The van der Waals surface area contributed by atoms with Crippen LogP contribution in [-0.2, 0) is 19.4 Å². The predicted molar refractivity (Wildman–Crippen MR) is 165 cm³/mol. The second kappa shape index (κ2) is 13.5. The Kier molecular flexibility index (Phi) is 10.0. The standard InChI is InChI=1S/C29H36ClN7O4S/c1-19(2)42(40,41)25-12-6-5-11-24(25)34-27-23(30)16-31-29(35-27)33-22-10-7-9-21(15-22)32-28(39)20-17-37(18-20)26(38)13-8-14-36(3)4/h5-7,9-12,15-16,19-20H,8,13-14,17-18H2,1-4H3,(H,32,39)(H2,31,33,34,35). The van der Waals surface area contributed by atoms with Crippen molar-refractivity contribution in [3.05, 3.63) is 59.8 Å². The lowest BCUT2D eigenvalue weighted by molar-refractivity contribution is -0.141. The summed E-state index contributed by atoms with van der Waals surface area (Å²) in [6, 6.07) is 13.7. The number of benzene rings is 2. The van der Waals surface area contributed by atoms with Crippen molar-refractivity contribution in [3.63, 3.8) is 0 Å². The summed E-state index contributed by atoms with van der Waals surface area (Å²) in [4.78, 5) is 37.7. The molecule has 2 aromatic carbocycles. The zero-order chi connectivity index (χ0) is 30.4. The first-order valence-corrected chi connectivity index (χ1v) is 15.6. The molecule has 11 nitrogen and oxygen atoms in total. The third kappa shape index (κ3) is 7.75. The number of nitrogens with zero attached hydrogens (tertiary/aromatic N) is 4. The van der Waals surface area contributed by atoms with Gasteiger partial charge in [0.1, 0.15) is 5.02 Å². The van der Waals surface area contributed by atoms with E-state index in [4.69, 9.17) is 11.6 Å². The number of aromatic nitrogens is 2. The van der Waals surface area contributed by atoms with E-state index in [0.29, 0.717) is 36.6 Å². The zero-order valence-electron chi connectivity index (χ0n) is 24.1. The second-order valence-corrected chi connectivity index (χ2v) is 13.6. The molecule has 42 heavy (non-hydrogen) atoms. The van der Waals surface area contributed by atoms with Crippen molar-refractivity contribution in [2.75, 3.05) is 49.7 Å². The van der Waals surface area contributed by atoms with E-state index in [2.05, 4.69) is 25.9 Å². The number of amides is 2. The number of anilines is 5. The average Bonchev–Trinajstić information content (AvgIpc) is 2.90. The summed E-state index contributed by atoms with van der Waals surface area (Å²) in [5.74, 6) is 0.130. The second-order valence-electron chi connectivity index (χ2n) is 10.7. The summed E-state index contributed by atoms with van der Waals surface area (Å²) < 4.78 is 25.7. The molecule has 1 saturated heterocycles. The van der Waals surface area contributed by atoms with Gasteiger partial charge in [-0.3, -0.25) is 9.59 Å². The maximum absolute atomic E-state index is 12.8. The fourth-order valence-corrected chi connectivity index (χ4v) is 5.66. The number of likely N-dealkylation sites (tertiary alicyclic amines) is 1. The Hall–Kier alpha value is -3.74. The van der Waals surface area contributed by atoms with Crippen molar-refractivity contribution in [2.45, 2.75) is 36.8 Å². The number of para-hydroxylation sites is 1. The third-order valence-electron chi connectivity index (χ3n) is 6.80. The molecule has 1 fully saturated rings. The van der Waals surface area contributed by atoms with Crippen molar-refractivity contribution in [2.24, 2.45) is 5.92 Å². The molecule has 0 saturated carbocycles. The molecule has 224 valence electrons. The monoisotopic (exact) mass is 613 g/mol. The first-order chi connectivity index (χ1) is 19.9. The van der Waals surface area contributed by atoms with Gasteiger partial charge in [0.15, 0.2) is 15.7 Å². The Bertz CT molecular complexity index is 1540. The highest BCUT2D eigenvalue weighted by atomic mass is 35.5. The largest absolute Gasteiger partial charge is 0.341 e. The van der Waals surface area contributed by atoms with Gasteiger partial charge in [-0.1, -0.05) is 29.8 Å². The Morgan fingerprint density at radius 3 is 2.50 bits per heavy atom. The Morgan fingerprint density at radius 2 is 1.79 bits per heavy atom. The van der Waals surface area contributed by atoms with Crippen LogP contribution in [0.3, 0.4) is 0 Å².